The number of fused-ring (bicyclic) bond motifs is 1. The molecule has 7 heteroatoms. The number of rotatable bonds is 6. The molecular weight excluding hydrogens is 287 g/mol. The third-order valence-corrected chi connectivity index (χ3v) is 3.08. The Morgan fingerprint density at radius 1 is 1.29 bits per heavy atom. The van der Waals surface area contributed by atoms with Crippen LogP contribution in [-0.4, -0.2) is 28.6 Å². The number of aryl methyl sites for hydroxylation is 1. The topological polar surface area (TPSA) is 51.5 Å². The van der Waals surface area contributed by atoms with Crippen molar-refractivity contribution < 1.29 is 27.8 Å². The summed E-state index contributed by atoms with van der Waals surface area (Å²) in [6.45, 7) is -0.437. The number of hydrogen-bond acceptors (Lipinski definition) is 2. The summed E-state index contributed by atoms with van der Waals surface area (Å²) in [7, 11) is 0. The van der Waals surface area contributed by atoms with Gasteiger partial charge < -0.3 is 9.67 Å². The summed E-state index contributed by atoms with van der Waals surface area (Å²) in [5, 5.41) is 9.59. The highest BCUT2D eigenvalue weighted by molar-refractivity contribution is 5.84. The average Bonchev–Trinajstić information content (AvgIpc) is 2.74. The normalized spacial score (nSPS) is 12.0. The minimum Gasteiger partial charge on any atom is -0.481 e. The van der Waals surface area contributed by atoms with Gasteiger partial charge >= 0.3 is 12.3 Å². The molecule has 1 aromatic carbocycles. The van der Waals surface area contributed by atoms with Gasteiger partial charge in [-0.2, -0.15) is 0 Å². The molecule has 0 aliphatic heterocycles. The van der Waals surface area contributed by atoms with Gasteiger partial charge in [-0.1, -0.05) is 18.2 Å². The van der Waals surface area contributed by atoms with E-state index in [4.69, 9.17) is 5.11 Å². The van der Waals surface area contributed by atoms with Crippen LogP contribution in [0.5, 0.6) is 0 Å². The molecule has 114 valence electrons. The molecule has 1 heterocycles. The minimum atomic E-state index is -4.64. The summed E-state index contributed by atoms with van der Waals surface area (Å²) in [6, 6.07) is 7.20. The first kappa shape index (κ1) is 15.4. The van der Waals surface area contributed by atoms with Crippen LogP contribution in [0.4, 0.5) is 13.2 Å². The number of aliphatic carboxylic acids is 1. The van der Waals surface area contributed by atoms with Gasteiger partial charge in [0.1, 0.15) is 0 Å². The number of benzene rings is 1. The lowest BCUT2D eigenvalue weighted by atomic mass is 10.1. The van der Waals surface area contributed by atoms with Gasteiger partial charge in [-0.25, -0.2) is 0 Å². The molecule has 0 atom stereocenters. The van der Waals surface area contributed by atoms with Crippen molar-refractivity contribution in [2.24, 2.45) is 0 Å². The Morgan fingerprint density at radius 3 is 2.67 bits per heavy atom. The average molecular weight is 301 g/mol. The summed E-state index contributed by atoms with van der Waals surface area (Å²) >= 11 is 0. The molecule has 0 aliphatic rings. The maximum Gasteiger partial charge on any atom is 0.522 e. The SMILES string of the molecule is O=C(O)CCc1cn(CCOC(F)(F)F)c2ccccc12. The highest BCUT2D eigenvalue weighted by Crippen LogP contribution is 2.23. The molecule has 0 spiro atoms. The number of ether oxygens (including phenoxy) is 1. The van der Waals surface area contributed by atoms with Gasteiger partial charge in [0.25, 0.3) is 0 Å². The van der Waals surface area contributed by atoms with Gasteiger partial charge in [-0.3, -0.25) is 9.53 Å². The first-order chi connectivity index (χ1) is 9.87. The Bertz CT molecular complexity index is 634. The molecule has 0 amide bonds. The molecule has 0 radical (unpaired) electrons. The second-order valence-corrected chi connectivity index (χ2v) is 4.55. The van der Waals surface area contributed by atoms with E-state index in [0.29, 0.717) is 6.42 Å². The van der Waals surface area contributed by atoms with Crippen LogP contribution in [-0.2, 0) is 22.5 Å². The van der Waals surface area contributed by atoms with Crippen LogP contribution in [0.15, 0.2) is 30.5 Å². The number of aromatic nitrogens is 1. The first-order valence-electron chi connectivity index (χ1n) is 6.36. The second kappa shape index (κ2) is 6.17. The van der Waals surface area contributed by atoms with E-state index in [2.05, 4.69) is 4.74 Å². The number of hydrogen-bond donors (Lipinski definition) is 1. The first-order valence-corrected chi connectivity index (χ1v) is 6.36. The van der Waals surface area contributed by atoms with Crippen LogP contribution in [0, 0.1) is 0 Å². The van der Waals surface area contributed by atoms with Crippen molar-refractivity contribution in [3.05, 3.63) is 36.0 Å². The number of halogens is 3. The van der Waals surface area contributed by atoms with Crippen molar-refractivity contribution in [1.82, 2.24) is 4.57 Å². The van der Waals surface area contributed by atoms with Gasteiger partial charge in [0.2, 0.25) is 0 Å². The molecule has 2 aromatic rings. The number of carboxylic acids is 1. The van der Waals surface area contributed by atoms with E-state index in [9.17, 15) is 18.0 Å². The van der Waals surface area contributed by atoms with Crippen LogP contribution < -0.4 is 0 Å². The van der Waals surface area contributed by atoms with E-state index >= 15 is 0 Å². The summed E-state index contributed by atoms with van der Waals surface area (Å²) in [4.78, 5) is 10.6. The molecule has 1 N–H and O–H groups in total. The van der Waals surface area contributed by atoms with E-state index < -0.39 is 18.9 Å². The molecule has 2 rings (SSSR count). The van der Waals surface area contributed by atoms with Gasteiger partial charge in [-0.15, -0.1) is 13.2 Å². The quantitative estimate of drug-likeness (QED) is 0.891. The predicted molar refractivity (Wildman–Crippen MR) is 69.9 cm³/mol. The number of alkyl halides is 3. The van der Waals surface area contributed by atoms with E-state index in [-0.39, 0.29) is 13.0 Å². The monoisotopic (exact) mass is 301 g/mol. The van der Waals surface area contributed by atoms with Gasteiger partial charge in [0.05, 0.1) is 6.61 Å². The fourth-order valence-electron chi connectivity index (χ4n) is 2.21. The Hall–Kier alpha value is -2.02. The highest BCUT2D eigenvalue weighted by atomic mass is 19.4. The van der Waals surface area contributed by atoms with E-state index in [1.54, 1.807) is 22.9 Å². The van der Waals surface area contributed by atoms with Crippen molar-refractivity contribution in [3.8, 4) is 0 Å². The third kappa shape index (κ3) is 4.22. The Kier molecular flexibility index (Phi) is 4.52. The molecular formula is C14H14F3NO3. The Balaban J connectivity index is 2.17. The summed E-state index contributed by atoms with van der Waals surface area (Å²) in [6.07, 6.45) is -2.64. The zero-order chi connectivity index (χ0) is 15.5. The van der Waals surface area contributed by atoms with Crippen LogP contribution in [0.1, 0.15) is 12.0 Å². The maximum absolute atomic E-state index is 12.0. The zero-order valence-corrected chi connectivity index (χ0v) is 11.1. The van der Waals surface area contributed by atoms with Crippen molar-refractivity contribution in [1.29, 1.82) is 0 Å². The zero-order valence-electron chi connectivity index (χ0n) is 11.1. The Labute approximate surface area is 118 Å². The van der Waals surface area contributed by atoms with Crippen molar-refractivity contribution in [3.63, 3.8) is 0 Å². The van der Waals surface area contributed by atoms with Gasteiger partial charge in [0.15, 0.2) is 0 Å². The summed E-state index contributed by atoms with van der Waals surface area (Å²) in [5.74, 6) is -0.910. The fraction of sp³-hybridized carbons (Fsp3) is 0.357. The smallest absolute Gasteiger partial charge is 0.481 e. The van der Waals surface area contributed by atoms with Crippen LogP contribution in [0.2, 0.25) is 0 Å². The Morgan fingerprint density at radius 2 is 2.00 bits per heavy atom. The molecule has 0 saturated carbocycles. The minimum absolute atomic E-state index is 0.0208. The molecule has 0 fully saturated rings. The molecule has 4 nitrogen and oxygen atoms in total. The van der Waals surface area contributed by atoms with E-state index in [1.165, 1.54) is 0 Å². The standard InChI is InChI=1S/C14H14F3NO3/c15-14(16,17)21-8-7-18-9-10(5-6-13(19)20)11-3-1-2-4-12(11)18/h1-4,9H,5-8H2,(H,19,20). The van der Waals surface area contributed by atoms with Crippen LogP contribution >= 0.6 is 0 Å². The molecule has 0 unspecified atom stereocenters. The van der Waals surface area contributed by atoms with Crippen molar-refractivity contribution in [2.75, 3.05) is 6.61 Å². The van der Waals surface area contributed by atoms with E-state index in [0.717, 1.165) is 16.5 Å². The number of para-hydroxylation sites is 1. The lowest BCUT2D eigenvalue weighted by Crippen LogP contribution is -2.17. The molecule has 0 aliphatic carbocycles. The van der Waals surface area contributed by atoms with Gasteiger partial charge in [-0.05, 0) is 18.1 Å². The summed E-state index contributed by atoms with van der Waals surface area (Å²) < 4.78 is 41.4. The lowest BCUT2D eigenvalue weighted by Gasteiger charge is -2.08. The second-order valence-electron chi connectivity index (χ2n) is 4.55. The number of nitrogens with zero attached hydrogens (tertiary/aromatic N) is 1. The molecule has 1 aromatic heterocycles. The van der Waals surface area contributed by atoms with Crippen LogP contribution in [0.25, 0.3) is 10.9 Å². The largest absolute Gasteiger partial charge is 0.522 e. The number of carboxylic acid groups (broad SMARTS) is 1. The molecule has 0 saturated heterocycles. The molecule has 0 bridgehead atoms. The predicted octanol–water partition coefficient (Wildman–Crippen LogP) is 3.19. The van der Waals surface area contributed by atoms with Crippen LogP contribution in [0.3, 0.4) is 0 Å². The van der Waals surface area contributed by atoms with E-state index in [1.807, 2.05) is 12.1 Å². The third-order valence-electron chi connectivity index (χ3n) is 3.08. The van der Waals surface area contributed by atoms with Crippen molar-refractivity contribution >= 4 is 16.9 Å². The fourth-order valence-corrected chi connectivity index (χ4v) is 2.21. The van der Waals surface area contributed by atoms with Crippen molar-refractivity contribution in [2.45, 2.75) is 25.7 Å². The maximum atomic E-state index is 12.0. The summed E-state index contributed by atoms with van der Waals surface area (Å²) in [5.41, 5.74) is 1.57. The molecule has 21 heavy (non-hydrogen) atoms. The number of carbonyl (C=O) groups is 1. The lowest BCUT2D eigenvalue weighted by molar-refractivity contribution is -0.325. The highest BCUT2D eigenvalue weighted by Gasteiger charge is 2.28. The van der Waals surface area contributed by atoms with Gasteiger partial charge in [0, 0.05) is 30.1 Å².